The standard InChI is InChI=1S/C13H17Cl2NO/c1-9-7-16(8-10(2)17-9)13-4-3-11(6-14)5-12(13)15/h3-5,9-10H,6-8H2,1-2H3. The molecule has 0 bridgehead atoms. The highest BCUT2D eigenvalue weighted by Crippen LogP contribution is 2.29. The Morgan fingerprint density at radius 1 is 1.29 bits per heavy atom. The molecule has 0 aromatic heterocycles. The Hall–Kier alpha value is -0.440. The molecule has 0 saturated carbocycles. The van der Waals surface area contributed by atoms with E-state index in [1.165, 1.54) is 0 Å². The van der Waals surface area contributed by atoms with Gasteiger partial charge in [-0.3, -0.25) is 0 Å². The summed E-state index contributed by atoms with van der Waals surface area (Å²) in [6, 6.07) is 6.01. The smallest absolute Gasteiger partial charge is 0.0726 e. The van der Waals surface area contributed by atoms with E-state index in [2.05, 4.69) is 18.7 Å². The molecule has 0 aliphatic carbocycles. The Morgan fingerprint density at radius 2 is 1.94 bits per heavy atom. The third-order valence-electron chi connectivity index (χ3n) is 2.93. The van der Waals surface area contributed by atoms with Gasteiger partial charge in [-0.25, -0.2) is 0 Å². The van der Waals surface area contributed by atoms with E-state index in [0.29, 0.717) is 5.88 Å². The minimum Gasteiger partial charge on any atom is -0.372 e. The first kappa shape index (κ1) is 13.0. The molecule has 0 amide bonds. The molecule has 1 aliphatic rings. The number of alkyl halides is 1. The molecule has 1 heterocycles. The van der Waals surface area contributed by atoms with Crippen molar-refractivity contribution in [2.45, 2.75) is 31.9 Å². The lowest BCUT2D eigenvalue weighted by atomic mass is 10.1. The van der Waals surface area contributed by atoms with Gasteiger partial charge in [0.25, 0.3) is 0 Å². The first-order valence-corrected chi connectivity index (χ1v) is 6.76. The fourth-order valence-electron chi connectivity index (χ4n) is 2.26. The predicted octanol–water partition coefficient (Wildman–Crippen LogP) is 3.69. The summed E-state index contributed by atoms with van der Waals surface area (Å²) < 4.78 is 5.72. The SMILES string of the molecule is CC1CN(c2ccc(CCl)cc2Cl)CC(C)O1. The molecule has 17 heavy (non-hydrogen) atoms. The third kappa shape index (κ3) is 3.06. The molecule has 2 atom stereocenters. The van der Waals surface area contributed by atoms with Crippen LogP contribution in [-0.2, 0) is 10.6 Å². The second-order valence-corrected chi connectivity index (χ2v) is 5.26. The van der Waals surface area contributed by atoms with Gasteiger partial charge in [-0.2, -0.15) is 0 Å². The second-order valence-electron chi connectivity index (χ2n) is 4.58. The van der Waals surface area contributed by atoms with Gasteiger partial charge in [0.05, 0.1) is 22.9 Å². The molecule has 2 nitrogen and oxygen atoms in total. The van der Waals surface area contributed by atoms with E-state index in [-0.39, 0.29) is 12.2 Å². The predicted molar refractivity (Wildman–Crippen MR) is 73.2 cm³/mol. The number of ether oxygens (including phenoxy) is 1. The van der Waals surface area contributed by atoms with Crippen molar-refractivity contribution in [2.75, 3.05) is 18.0 Å². The summed E-state index contributed by atoms with van der Waals surface area (Å²) in [7, 11) is 0. The van der Waals surface area contributed by atoms with Crippen molar-refractivity contribution in [1.29, 1.82) is 0 Å². The molecule has 1 saturated heterocycles. The molecule has 0 radical (unpaired) electrons. The van der Waals surface area contributed by atoms with Gasteiger partial charge in [0.15, 0.2) is 0 Å². The maximum atomic E-state index is 6.30. The maximum Gasteiger partial charge on any atom is 0.0726 e. The van der Waals surface area contributed by atoms with Crippen LogP contribution in [0, 0.1) is 0 Å². The Kier molecular flexibility index (Phi) is 4.18. The number of rotatable bonds is 2. The van der Waals surface area contributed by atoms with Gasteiger partial charge in [0, 0.05) is 19.0 Å². The molecule has 1 aliphatic heterocycles. The molecular weight excluding hydrogens is 257 g/mol. The summed E-state index contributed by atoms with van der Waals surface area (Å²) in [6.07, 6.45) is 0.477. The minimum atomic E-state index is 0.238. The first-order valence-electron chi connectivity index (χ1n) is 5.85. The molecule has 2 rings (SSSR count). The van der Waals surface area contributed by atoms with Gasteiger partial charge in [-0.1, -0.05) is 17.7 Å². The number of anilines is 1. The molecule has 2 unspecified atom stereocenters. The topological polar surface area (TPSA) is 12.5 Å². The van der Waals surface area contributed by atoms with Crippen molar-refractivity contribution in [1.82, 2.24) is 0 Å². The van der Waals surface area contributed by atoms with Crippen molar-refractivity contribution < 1.29 is 4.74 Å². The summed E-state index contributed by atoms with van der Waals surface area (Å²) in [5.41, 5.74) is 2.12. The van der Waals surface area contributed by atoms with Crippen LogP contribution < -0.4 is 4.90 Å². The average Bonchev–Trinajstić information content (AvgIpc) is 2.27. The normalized spacial score (nSPS) is 25.1. The highest BCUT2D eigenvalue weighted by molar-refractivity contribution is 6.33. The number of hydrogen-bond acceptors (Lipinski definition) is 2. The Bertz CT molecular complexity index is 387. The zero-order valence-electron chi connectivity index (χ0n) is 10.1. The van der Waals surface area contributed by atoms with Crippen LogP contribution in [0.4, 0.5) is 5.69 Å². The number of morpholine rings is 1. The summed E-state index contributed by atoms with van der Waals surface area (Å²) in [6.45, 7) is 5.93. The van der Waals surface area contributed by atoms with Crippen LogP contribution in [0.1, 0.15) is 19.4 Å². The van der Waals surface area contributed by atoms with E-state index in [0.717, 1.165) is 29.4 Å². The van der Waals surface area contributed by atoms with Crippen LogP contribution in [0.3, 0.4) is 0 Å². The van der Waals surface area contributed by atoms with Gasteiger partial charge in [-0.15, -0.1) is 11.6 Å². The number of halogens is 2. The lowest BCUT2D eigenvalue weighted by Gasteiger charge is -2.37. The van der Waals surface area contributed by atoms with Gasteiger partial charge in [-0.05, 0) is 31.5 Å². The van der Waals surface area contributed by atoms with E-state index >= 15 is 0 Å². The number of hydrogen-bond donors (Lipinski definition) is 0. The fourth-order valence-corrected chi connectivity index (χ4v) is 2.75. The summed E-state index contributed by atoms with van der Waals surface area (Å²) >= 11 is 12.1. The first-order chi connectivity index (χ1) is 8.10. The van der Waals surface area contributed by atoms with Gasteiger partial charge in [0.1, 0.15) is 0 Å². The van der Waals surface area contributed by atoms with Crippen LogP contribution >= 0.6 is 23.2 Å². The van der Waals surface area contributed by atoms with E-state index in [1.54, 1.807) is 0 Å². The third-order valence-corrected chi connectivity index (χ3v) is 3.54. The van der Waals surface area contributed by atoms with Crippen molar-refractivity contribution in [3.05, 3.63) is 28.8 Å². The van der Waals surface area contributed by atoms with Crippen LogP contribution in [0.2, 0.25) is 5.02 Å². The Labute approximate surface area is 112 Å². The molecule has 94 valence electrons. The highest BCUT2D eigenvalue weighted by Gasteiger charge is 2.23. The van der Waals surface area contributed by atoms with Crippen molar-refractivity contribution >= 4 is 28.9 Å². The molecule has 1 fully saturated rings. The van der Waals surface area contributed by atoms with Crippen molar-refractivity contribution in [2.24, 2.45) is 0 Å². The van der Waals surface area contributed by atoms with Gasteiger partial charge < -0.3 is 9.64 Å². The monoisotopic (exact) mass is 273 g/mol. The van der Waals surface area contributed by atoms with Crippen LogP contribution in [0.25, 0.3) is 0 Å². The summed E-state index contributed by atoms with van der Waals surface area (Å²) in [5, 5.41) is 0.768. The van der Waals surface area contributed by atoms with E-state index in [4.69, 9.17) is 27.9 Å². The summed E-state index contributed by atoms with van der Waals surface area (Å²) in [4.78, 5) is 2.28. The molecule has 0 N–H and O–H groups in total. The minimum absolute atomic E-state index is 0.238. The van der Waals surface area contributed by atoms with Crippen LogP contribution in [0.15, 0.2) is 18.2 Å². The maximum absolute atomic E-state index is 6.30. The Balaban J connectivity index is 2.21. The summed E-state index contributed by atoms with van der Waals surface area (Å²) in [5.74, 6) is 0.496. The number of nitrogens with zero attached hydrogens (tertiary/aromatic N) is 1. The number of benzene rings is 1. The lowest BCUT2D eigenvalue weighted by molar-refractivity contribution is -0.00520. The van der Waals surface area contributed by atoms with Crippen molar-refractivity contribution in [3.63, 3.8) is 0 Å². The molecule has 4 heteroatoms. The zero-order valence-corrected chi connectivity index (χ0v) is 11.6. The quantitative estimate of drug-likeness (QED) is 0.762. The fraction of sp³-hybridized carbons (Fsp3) is 0.538. The highest BCUT2D eigenvalue weighted by atomic mass is 35.5. The van der Waals surface area contributed by atoms with Crippen molar-refractivity contribution in [3.8, 4) is 0 Å². The zero-order chi connectivity index (χ0) is 12.4. The molecule has 1 aromatic rings. The van der Waals surface area contributed by atoms with Crippen LogP contribution in [0.5, 0.6) is 0 Å². The van der Waals surface area contributed by atoms with Gasteiger partial charge >= 0.3 is 0 Å². The van der Waals surface area contributed by atoms with E-state index < -0.39 is 0 Å². The molecule has 0 spiro atoms. The van der Waals surface area contributed by atoms with E-state index in [9.17, 15) is 0 Å². The second kappa shape index (κ2) is 5.47. The molecular formula is C13H17Cl2NO. The van der Waals surface area contributed by atoms with E-state index in [1.807, 2.05) is 18.2 Å². The molecule has 1 aromatic carbocycles. The largest absolute Gasteiger partial charge is 0.372 e. The average molecular weight is 274 g/mol. The Morgan fingerprint density at radius 3 is 2.47 bits per heavy atom. The van der Waals surface area contributed by atoms with Crippen LogP contribution in [-0.4, -0.2) is 25.3 Å². The lowest BCUT2D eigenvalue weighted by Crippen LogP contribution is -2.45. The van der Waals surface area contributed by atoms with Gasteiger partial charge in [0.2, 0.25) is 0 Å².